The highest BCUT2D eigenvalue weighted by atomic mass is 16.4. The molecule has 0 rings (SSSR count). The molecule has 7 amide bonds. The van der Waals surface area contributed by atoms with Crippen LogP contribution in [-0.4, -0.2) is 111 Å². The number of unbranched alkanes of at least 4 members (excludes halogenated alkanes) is 1. The Balaban J connectivity index is 3.95. The zero-order valence-corrected chi connectivity index (χ0v) is 20.7. The first-order valence-corrected chi connectivity index (χ1v) is 11.5. The van der Waals surface area contributed by atoms with Gasteiger partial charge in [-0.25, -0.2) is 0 Å². The van der Waals surface area contributed by atoms with Gasteiger partial charge in [-0.15, -0.1) is 0 Å². The Morgan fingerprint density at radius 1 is 0.526 bits per heavy atom. The topological polar surface area (TPSA) is 293 Å². The van der Waals surface area contributed by atoms with Gasteiger partial charge >= 0.3 is 5.97 Å². The Bertz CT molecular complexity index is 867. The maximum atomic E-state index is 11.8. The summed E-state index contributed by atoms with van der Waals surface area (Å²) in [6.07, 6.45) is 1.82. The average molecular weight is 546 g/mol. The summed E-state index contributed by atoms with van der Waals surface area (Å²) in [5.41, 5.74) is 11.1. The van der Waals surface area contributed by atoms with Crippen LogP contribution < -0.4 is 48.7 Å². The number of aliphatic carboxylic acids is 1. The first-order valence-electron chi connectivity index (χ1n) is 11.5. The number of carboxylic acid groups (broad SMARTS) is 1. The van der Waals surface area contributed by atoms with Crippen molar-refractivity contribution < 1.29 is 43.5 Å². The minimum atomic E-state index is -1.25. The Kier molecular flexibility index (Phi) is 17.6. The van der Waals surface area contributed by atoms with Crippen LogP contribution in [-0.2, 0) is 38.4 Å². The van der Waals surface area contributed by atoms with Crippen LogP contribution in [0.2, 0.25) is 0 Å². The summed E-state index contributed by atoms with van der Waals surface area (Å²) in [6.45, 7) is -2.97. The molecule has 0 heterocycles. The Morgan fingerprint density at radius 3 is 1.16 bits per heavy atom. The van der Waals surface area contributed by atoms with Crippen molar-refractivity contribution in [1.29, 1.82) is 0 Å². The lowest BCUT2D eigenvalue weighted by molar-refractivity contribution is -0.137. The van der Waals surface area contributed by atoms with Gasteiger partial charge in [0.15, 0.2) is 0 Å². The van der Waals surface area contributed by atoms with Crippen molar-refractivity contribution in [3.8, 4) is 0 Å². The number of rotatable bonds is 19. The zero-order valence-electron chi connectivity index (χ0n) is 20.7. The Morgan fingerprint density at radius 2 is 0.842 bits per heavy atom. The highest BCUT2D eigenvalue weighted by Gasteiger charge is 2.15. The molecule has 12 N–H and O–H groups in total. The van der Waals surface area contributed by atoms with E-state index in [4.69, 9.17) is 16.6 Å². The van der Waals surface area contributed by atoms with E-state index in [1.165, 1.54) is 0 Å². The molecule has 0 unspecified atom stereocenters. The molecule has 18 nitrogen and oxygen atoms in total. The van der Waals surface area contributed by atoms with Gasteiger partial charge in [-0.3, -0.25) is 38.4 Å². The third-order valence-corrected chi connectivity index (χ3v) is 4.40. The van der Waals surface area contributed by atoms with Crippen molar-refractivity contribution >= 4 is 47.3 Å². The Labute approximate surface area is 217 Å². The van der Waals surface area contributed by atoms with Crippen LogP contribution in [0.5, 0.6) is 0 Å². The molecule has 0 radical (unpaired) electrons. The van der Waals surface area contributed by atoms with E-state index in [1.54, 1.807) is 0 Å². The second-order valence-electron chi connectivity index (χ2n) is 7.66. The highest BCUT2D eigenvalue weighted by molar-refractivity contribution is 5.92. The molecule has 0 saturated heterocycles. The fourth-order valence-corrected chi connectivity index (χ4v) is 2.38. The van der Waals surface area contributed by atoms with Crippen molar-refractivity contribution in [2.24, 2.45) is 11.5 Å². The Hall–Kier alpha value is -4.32. The molecule has 0 bridgehead atoms. The van der Waals surface area contributed by atoms with Gasteiger partial charge in [-0.1, -0.05) is 6.42 Å². The van der Waals surface area contributed by atoms with Crippen LogP contribution in [0.1, 0.15) is 19.3 Å². The molecule has 0 saturated carbocycles. The van der Waals surface area contributed by atoms with E-state index in [2.05, 4.69) is 31.9 Å². The number of nitrogens with one attached hydrogen (secondary N) is 7. The largest absolute Gasteiger partial charge is 0.480 e. The van der Waals surface area contributed by atoms with Crippen LogP contribution in [0.4, 0.5) is 0 Å². The van der Waals surface area contributed by atoms with Crippen LogP contribution in [0.15, 0.2) is 0 Å². The van der Waals surface area contributed by atoms with Crippen LogP contribution in [0.25, 0.3) is 0 Å². The number of carbonyl (C=O) groups is 8. The molecule has 0 aliphatic heterocycles. The predicted octanol–water partition coefficient (Wildman–Crippen LogP) is -6.66. The summed E-state index contributed by atoms with van der Waals surface area (Å²) in [7, 11) is 0. The molecule has 18 heteroatoms. The van der Waals surface area contributed by atoms with Crippen molar-refractivity contribution in [1.82, 2.24) is 37.2 Å². The summed E-state index contributed by atoms with van der Waals surface area (Å²) >= 11 is 0. The van der Waals surface area contributed by atoms with Gasteiger partial charge in [0.05, 0.1) is 45.3 Å². The third kappa shape index (κ3) is 18.9. The van der Waals surface area contributed by atoms with E-state index >= 15 is 0 Å². The lowest BCUT2D eigenvalue weighted by Crippen LogP contribution is -2.48. The van der Waals surface area contributed by atoms with Crippen LogP contribution >= 0.6 is 0 Å². The predicted molar refractivity (Wildman–Crippen MR) is 130 cm³/mol. The zero-order chi connectivity index (χ0) is 28.9. The molecule has 0 spiro atoms. The standard InChI is InChI=1S/C20H35N9O9/c21-4-2-1-3-12(22)20(38)29-10-18(35)27-8-16(33)25-6-14(31)23-5-13(30)24-7-15(32)26-9-17(34)28-11-19(36)37/h12H,1-11,21-22H2,(H,23,31)(H,24,30)(H,25,33)(H,26,32)(H,27,35)(H,28,34)(H,29,38)(H,36,37)/t12-/m0/s1. The first kappa shape index (κ1) is 33.7. The molecule has 1 atom stereocenters. The SMILES string of the molecule is NCCCC[C@H](N)C(=O)NCC(=O)NCC(=O)NCC(=O)NCC(=O)NCC(=O)NCC(=O)NCC(=O)O. The number of hydrogen-bond acceptors (Lipinski definition) is 10. The number of amides is 7. The van der Waals surface area contributed by atoms with E-state index in [-0.39, 0.29) is 6.54 Å². The third-order valence-electron chi connectivity index (χ3n) is 4.40. The van der Waals surface area contributed by atoms with Crippen molar-refractivity contribution in [3.05, 3.63) is 0 Å². The highest BCUT2D eigenvalue weighted by Crippen LogP contribution is 1.97. The molecule has 0 aliphatic rings. The van der Waals surface area contributed by atoms with Gasteiger partial charge in [0.1, 0.15) is 6.54 Å². The first-order chi connectivity index (χ1) is 17.9. The van der Waals surface area contributed by atoms with E-state index in [1.807, 2.05) is 5.32 Å². The minimum absolute atomic E-state index is 0.387. The van der Waals surface area contributed by atoms with Crippen molar-refractivity contribution in [3.63, 3.8) is 0 Å². The fourth-order valence-electron chi connectivity index (χ4n) is 2.38. The van der Waals surface area contributed by atoms with Gasteiger partial charge in [0, 0.05) is 0 Å². The van der Waals surface area contributed by atoms with Crippen LogP contribution in [0, 0.1) is 0 Å². The van der Waals surface area contributed by atoms with E-state index in [9.17, 15) is 38.4 Å². The molecule has 0 aromatic carbocycles. The second-order valence-corrected chi connectivity index (χ2v) is 7.66. The van der Waals surface area contributed by atoms with E-state index in [0.29, 0.717) is 19.4 Å². The maximum absolute atomic E-state index is 11.8. The molecule has 0 aliphatic carbocycles. The van der Waals surface area contributed by atoms with E-state index < -0.39 is 92.6 Å². The van der Waals surface area contributed by atoms with Crippen molar-refractivity contribution in [2.45, 2.75) is 25.3 Å². The molecule has 38 heavy (non-hydrogen) atoms. The minimum Gasteiger partial charge on any atom is -0.480 e. The summed E-state index contributed by atoms with van der Waals surface area (Å²) < 4.78 is 0. The molecular weight excluding hydrogens is 510 g/mol. The lowest BCUT2D eigenvalue weighted by atomic mass is 10.1. The van der Waals surface area contributed by atoms with E-state index in [0.717, 1.165) is 6.42 Å². The molecule has 0 fully saturated rings. The normalized spacial score (nSPS) is 10.8. The molecule has 0 aromatic rings. The summed E-state index contributed by atoms with van der Waals surface area (Å²) in [5.74, 6) is -6.03. The lowest BCUT2D eigenvalue weighted by Gasteiger charge is -2.12. The number of carboxylic acids is 1. The fraction of sp³-hybridized carbons (Fsp3) is 0.600. The van der Waals surface area contributed by atoms with Gasteiger partial charge in [-0.2, -0.15) is 0 Å². The second kappa shape index (κ2) is 19.8. The van der Waals surface area contributed by atoms with Gasteiger partial charge < -0.3 is 53.8 Å². The average Bonchev–Trinajstić information content (AvgIpc) is 2.88. The maximum Gasteiger partial charge on any atom is 0.322 e. The summed E-state index contributed by atoms with van der Waals surface area (Å²) in [6, 6.07) is -0.777. The summed E-state index contributed by atoms with van der Waals surface area (Å²) in [5, 5.41) is 23.8. The number of carbonyl (C=O) groups excluding carboxylic acids is 7. The van der Waals surface area contributed by atoms with Gasteiger partial charge in [-0.05, 0) is 19.4 Å². The smallest absolute Gasteiger partial charge is 0.322 e. The van der Waals surface area contributed by atoms with Gasteiger partial charge in [0.2, 0.25) is 41.4 Å². The number of nitrogens with two attached hydrogens (primary N) is 2. The molecule has 0 aromatic heterocycles. The van der Waals surface area contributed by atoms with Crippen molar-refractivity contribution in [2.75, 3.05) is 52.4 Å². The van der Waals surface area contributed by atoms with Crippen LogP contribution in [0.3, 0.4) is 0 Å². The quantitative estimate of drug-likeness (QED) is 0.0680. The molecular formula is C20H35N9O9. The monoisotopic (exact) mass is 545 g/mol. The molecule has 214 valence electrons. The summed E-state index contributed by atoms with van der Waals surface area (Å²) in [4.78, 5) is 91.8. The number of hydrogen-bond donors (Lipinski definition) is 10. The van der Waals surface area contributed by atoms with Gasteiger partial charge in [0.25, 0.3) is 0 Å².